The lowest BCUT2D eigenvalue weighted by molar-refractivity contribution is -0.113. The minimum atomic E-state index is 0.0733. The lowest BCUT2D eigenvalue weighted by Crippen LogP contribution is -2.18. The van der Waals surface area contributed by atoms with Gasteiger partial charge in [-0.25, -0.2) is 4.68 Å². The Balaban J connectivity index is 1.77. The van der Waals surface area contributed by atoms with Crippen molar-refractivity contribution >= 4 is 50.8 Å². The first-order valence-corrected chi connectivity index (χ1v) is 10.1. The number of amides is 1. The number of rotatable bonds is 2. The molecule has 1 saturated carbocycles. The SMILES string of the molecule is O=C1CS[C@@H](c2ccc(Br)s2)c2cnn(C3CCCC3)c2N1. The average molecular weight is 398 g/mol. The van der Waals surface area contributed by atoms with Crippen LogP contribution >= 0.6 is 39.0 Å². The van der Waals surface area contributed by atoms with Crippen LogP contribution in [0.1, 0.15) is 47.4 Å². The second-order valence-corrected chi connectivity index (χ2v) is 9.30. The van der Waals surface area contributed by atoms with Gasteiger partial charge in [-0.1, -0.05) is 12.8 Å². The van der Waals surface area contributed by atoms with Crippen LogP contribution in [0.3, 0.4) is 0 Å². The van der Waals surface area contributed by atoms with Crippen LogP contribution in [0.25, 0.3) is 0 Å². The normalized spacial score (nSPS) is 22.4. The summed E-state index contributed by atoms with van der Waals surface area (Å²) in [6.45, 7) is 0. The van der Waals surface area contributed by atoms with Gasteiger partial charge in [-0.05, 0) is 40.9 Å². The number of thioether (sulfide) groups is 1. The molecule has 0 radical (unpaired) electrons. The van der Waals surface area contributed by atoms with Crippen molar-refractivity contribution in [2.45, 2.75) is 37.0 Å². The predicted molar refractivity (Wildman–Crippen MR) is 94.7 cm³/mol. The highest BCUT2D eigenvalue weighted by Gasteiger charge is 2.31. The topological polar surface area (TPSA) is 46.9 Å². The molecule has 2 aromatic heterocycles. The summed E-state index contributed by atoms with van der Waals surface area (Å²) >= 11 is 6.95. The monoisotopic (exact) mass is 397 g/mol. The van der Waals surface area contributed by atoms with E-state index in [1.54, 1.807) is 23.1 Å². The predicted octanol–water partition coefficient (Wildman–Crippen LogP) is 4.60. The Labute approximate surface area is 145 Å². The molecule has 1 atom stereocenters. The van der Waals surface area contributed by atoms with E-state index in [2.05, 4.69) is 43.2 Å². The zero-order valence-electron chi connectivity index (χ0n) is 11.9. The lowest BCUT2D eigenvalue weighted by atomic mass is 10.2. The van der Waals surface area contributed by atoms with Crippen LogP contribution in [0.2, 0.25) is 0 Å². The second kappa shape index (κ2) is 6.02. The third kappa shape index (κ3) is 2.63. The highest BCUT2D eigenvalue weighted by atomic mass is 79.9. The summed E-state index contributed by atoms with van der Waals surface area (Å²) in [6.07, 6.45) is 6.77. The van der Waals surface area contributed by atoms with Crippen molar-refractivity contribution in [3.63, 3.8) is 0 Å². The molecule has 1 fully saturated rings. The van der Waals surface area contributed by atoms with Gasteiger partial charge in [0.05, 0.1) is 27.0 Å². The standard InChI is InChI=1S/C15H16BrN3OS2/c16-12-6-5-11(22-12)14-10-7-17-19(9-3-1-2-4-9)15(10)18-13(20)8-21-14/h5-7,9,14H,1-4,8H2,(H,18,20)/t14-/m1/s1. The minimum absolute atomic E-state index is 0.0733. The van der Waals surface area contributed by atoms with Crippen molar-refractivity contribution in [1.29, 1.82) is 0 Å². The van der Waals surface area contributed by atoms with E-state index in [-0.39, 0.29) is 11.2 Å². The van der Waals surface area contributed by atoms with Gasteiger partial charge in [0.1, 0.15) is 5.82 Å². The molecule has 1 aliphatic carbocycles. The molecule has 3 heterocycles. The first-order valence-electron chi connectivity index (χ1n) is 7.46. The van der Waals surface area contributed by atoms with E-state index in [1.807, 2.05) is 6.20 Å². The van der Waals surface area contributed by atoms with Crippen molar-refractivity contribution in [3.8, 4) is 0 Å². The van der Waals surface area contributed by atoms with E-state index >= 15 is 0 Å². The van der Waals surface area contributed by atoms with Gasteiger partial charge >= 0.3 is 0 Å². The van der Waals surface area contributed by atoms with E-state index in [9.17, 15) is 4.79 Å². The van der Waals surface area contributed by atoms with E-state index in [4.69, 9.17) is 0 Å². The van der Waals surface area contributed by atoms with Crippen molar-refractivity contribution in [3.05, 3.63) is 32.6 Å². The van der Waals surface area contributed by atoms with Crippen molar-refractivity contribution in [2.24, 2.45) is 0 Å². The zero-order chi connectivity index (χ0) is 15.1. The largest absolute Gasteiger partial charge is 0.310 e. The van der Waals surface area contributed by atoms with Gasteiger partial charge in [0.15, 0.2) is 0 Å². The summed E-state index contributed by atoms with van der Waals surface area (Å²) in [5.41, 5.74) is 1.14. The van der Waals surface area contributed by atoms with Crippen LogP contribution in [0.4, 0.5) is 5.82 Å². The van der Waals surface area contributed by atoms with E-state index in [1.165, 1.54) is 17.7 Å². The number of hydrogen-bond donors (Lipinski definition) is 1. The van der Waals surface area contributed by atoms with Gasteiger partial charge in [-0.2, -0.15) is 5.10 Å². The quantitative estimate of drug-likeness (QED) is 0.805. The highest BCUT2D eigenvalue weighted by molar-refractivity contribution is 9.11. The van der Waals surface area contributed by atoms with Crippen LogP contribution in [0, 0.1) is 0 Å². The molecular weight excluding hydrogens is 382 g/mol. The number of hydrogen-bond acceptors (Lipinski definition) is 4. The number of carbonyl (C=O) groups excluding carboxylic acids is 1. The summed E-state index contributed by atoms with van der Waals surface area (Å²) in [6, 6.07) is 4.64. The fourth-order valence-electron chi connectivity index (χ4n) is 3.24. The molecule has 0 aromatic carbocycles. The Morgan fingerprint density at radius 3 is 2.86 bits per heavy atom. The van der Waals surface area contributed by atoms with Crippen LogP contribution in [0.5, 0.6) is 0 Å². The molecule has 1 N–H and O–H groups in total. The molecule has 4 nitrogen and oxygen atoms in total. The number of anilines is 1. The van der Waals surface area contributed by atoms with Gasteiger partial charge in [-0.15, -0.1) is 23.1 Å². The summed E-state index contributed by atoms with van der Waals surface area (Å²) in [5.74, 6) is 1.47. The van der Waals surface area contributed by atoms with E-state index in [0.717, 1.165) is 28.0 Å². The fourth-order valence-corrected chi connectivity index (χ4v) is 6.00. The summed E-state index contributed by atoms with van der Waals surface area (Å²) in [4.78, 5) is 13.4. The number of thiophene rings is 1. The number of halogens is 1. The Morgan fingerprint density at radius 2 is 2.14 bits per heavy atom. The van der Waals surface area contributed by atoms with Crippen molar-refractivity contribution in [1.82, 2.24) is 9.78 Å². The molecule has 7 heteroatoms. The molecule has 0 bridgehead atoms. The molecule has 0 unspecified atom stereocenters. The third-order valence-electron chi connectivity index (χ3n) is 4.27. The summed E-state index contributed by atoms with van der Waals surface area (Å²) in [5, 5.41) is 7.89. The maximum atomic E-state index is 12.1. The van der Waals surface area contributed by atoms with Gasteiger partial charge in [0, 0.05) is 10.4 Å². The van der Waals surface area contributed by atoms with Crippen molar-refractivity contribution < 1.29 is 4.79 Å². The molecule has 116 valence electrons. The number of nitrogens with zero attached hydrogens (tertiary/aromatic N) is 2. The second-order valence-electron chi connectivity index (χ2n) is 5.71. The Kier molecular flexibility index (Phi) is 4.04. The molecule has 22 heavy (non-hydrogen) atoms. The first-order chi connectivity index (χ1) is 10.7. The number of carbonyl (C=O) groups is 1. The molecule has 4 rings (SSSR count). The Morgan fingerprint density at radius 1 is 1.32 bits per heavy atom. The van der Waals surface area contributed by atoms with Gasteiger partial charge in [-0.3, -0.25) is 4.79 Å². The van der Waals surface area contributed by atoms with Crippen molar-refractivity contribution in [2.75, 3.05) is 11.1 Å². The molecule has 1 aliphatic heterocycles. The zero-order valence-corrected chi connectivity index (χ0v) is 15.1. The fraction of sp³-hybridized carbons (Fsp3) is 0.467. The summed E-state index contributed by atoms with van der Waals surface area (Å²) in [7, 11) is 0. The smallest absolute Gasteiger partial charge is 0.235 e. The van der Waals surface area contributed by atoms with E-state index in [0.29, 0.717) is 11.8 Å². The number of fused-ring (bicyclic) bond motifs is 1. The highest BCUT2D eigenvalue weighted by Crippen LogP contribution is 2.46. The van der Waals surface area contributed by atoms with Gasteiger partial charge in [0.25, 0.3) is 0 Å². The number of nitrogens with one attached hydrogen (secondary N) is 1. The molecule has 1 amide bonds. The lowest BCUT2D eigenvalue weighted by Gasteiger charge is -2.15. The average Bonchev–Trinajstić information content (AvgIpc) is 3.20. The molecule has 2 aromatic rings. The maximum Gasteiger partial charge on any atom is 0.235 e. The van der Waals surface area contributed by atoms with Gasteiger partial charge in [0.2, 0.25) is 5.91 Å². The van der Waals surface area contributed by atoms with Crippen LogP contribution in [0.15, 0.2) is 22.1 Å². The Bertz CT molecular complexity index is 705. The first kappa shape index (κ1) is 14.8. The Hall–Kier alpha value is -0.790. The van der Waals surface area contributed by atoms with Gasteiger partial charge < -0.3 is 5.32 Å². The molecule has 2 aliphatic rings. The van der Waals surface area contributed by atoms with E-state index < -0.39 is 0 Å². The maximum absolute atomic E-state index is 12.1. The summed E-state index contributed by atoms with van der Waals surface area (Å²) < 4.78 is 3.18. The molecular formula is C15H16BrN3OS2. The third-order valence-corrected chi connectivity index (χ3v) is 7.38. The molecule has 0 saturated heterocycles. The number of aromatic nitrogens is 2. The van der Waals surface area contributed by atoms with Crippen LogP contribution in [-0.4, -0.2) is 21.4 Å². The molecule has 0 spiro atoms. The minimum Gasteiger partial charge on any atom is -0.310 e. The van der Waals surface area contributed by atoms with Crippen LogP contribution < -0.4 is 5.32 Å². The van der Waals surface area contributed by atoms with Crippen LogP contribution in [-0.2, 0) is 4.79 Å².